The van der Waals surface area contributed by atoms with Crippen LogP contribution in [0.1, 0.15) is 38.2 Å². The number of ether oxygens (including phenoxy) is 2. The number of carbonyl (C=O) groups is 1. The molecule has 0 radical (unpaired) electrons. The third-order valence-corrected chi connectivity index (χ3v) is 2.62. The third kappa shape index (κ3) is 5.99. The molecule has 0 aromatic heterocycles. The standard InChI is InChI=1S/C16H23NO3/c1-4-19-16(20-5-2)15-10-8-14(9-11-15)7-6-12-17-13(3)18/h6-11,16H,4-5,12H2,1-3H3,(H,17,18). The number of benzene rings is 1. The summed E-state index contributed by atoms with van der Waals surface area (Å²) in [6.07, 6.45) is 3.58. The number of nitrogens with one attached hydrogen (secondary N) is 1. The van der Waals surface area contributed by atoms with Gasteiger partial charge in [-0.2, -0.15) is 0 Å². The molecular formula is C16H23NO3. The Morgan fingerprint density at radius 2 is 1.80 bits per heavy atom. The molecule has 0 spiro atoms. The molecule has 0 saturated carbocycles. The first-order valence-corrected chi connectivity index (χ1v) is 6.91. The zero-order valence-electron chi connectivity index (χ0n) is 12.4. The summed E-state index contributed by atoms with van der Waals surface area (Å²) in [4.78, 5) is 10.7. The van der Waals surface area contributed by atoms with Crippen LogP contribution in [0.3, 0.4) is 0 Å². The number of hydrogen-bond acceptors (Lipinski definition) is 3. The van der Waals surface area contributed by atoms with Crippen molar-refractivity contribution >= 4 is 12.0 Å². The van der Waals surface area contributed by atoms with E-state index in [1.54, 1.807) is 0 Å². The van der Waals surface area contributed by atoms with Crippen molar-refractivity contribution in [2.45, 2.75) is 27.1 Å². The molecule has 0 aliphatic carbocycles. The maximum atomic E-state index is 10.7. The van der Waals surface area contributed by atoms with Crippen molar-refractivity contribution in [3.8, 4) is 0 Å². The van der Waals surface area contributed by atoms with Gasteiger partial charge >= 0.3 is 0 Å². The highest BCUT2D eigenvalue weighted by atomic mass is 16.7. The van der Waals surface area contributed by atoms with E-state index in [0.29, 0.717) is 19.8 Å². The van der Waals surface area contributed by atoms with Gasteiger partial charge in [0, 0.05) is 32.2 Å². The number of amides is 1. The molecular weight excluding hydrogens is 254 g/mol. The summed E-state index contributed by atoms with van der Waals surface area (Å²) in [5, 5.41) is 2.71. The van der Waals surface area contributed by atoms with Crippen LogP contribution in [0.2, 0.25) is 0 Å². The van der Waals surface area contributed by atoms with E-state index in [0.717, 1.165) is 11.1 Å². The Balaban J connectivity index is 2.60. The largest absolute Gasteiger partial charge is 0.353 e. The van der Waals surface area contributed by atoms with E-state index in [4.69, 9.17) is 9.47 Å². The predicted molar refractivity (Wildman–Crippen MR) is 80.2 cm³/mol. The Hall–Kier alpha value is -1.65. The molecule has 0 saturated heterocycles. The predicted octanol–water partition coefficient (Wildman–Crippen LogP) is 2.91. The highest BCUT2D eigenvalue weighted by Gasteiger charge is 2.10. The molecule has 0 heterocycles. The monoisotopic (exact) mass is 277 g/mol. The lowest BCUT2D eigenvalue weighted by atomic mass is 10.1. The van der Waals surface area contributed by atoms with Crippen LogP contribution in [0.4, 0.5) is 0 Å². The van der Waals surface area contributed by atoms with Crippen molar-refractivity contribution in [1.29, 1.82) is 0 Å². The fourth-order valence-corrected chi connectivity index (χ4v) is 1.71. The van der Waals surface area contributed by atoms with Crippen molar-refractivity contribution in [3.63, 3.8) is 0 Å². The van der Waals surface area contributed by atoms with E-state index in [-0.39, 0.29) is 12.2 Å². The molecule has 4 nitrogen and oxygen atoms in total. The van der Waals surface area contributed by atoms with Crippen molar-refractivity contribution in [3.05, 3.63) is 41.5 Å². The molecule has 0 fully saturated rings. The minimum Gasteiger partial charge on any atom is -0.353 e. The highest BCUT2D eigenvalue weighted by Crippen LogP contribution is 2.19. The second-order valence-electron chi connectivity index (χ2n) is 4.25. The lowest BCUT2D eigenvalue weighted by Crippen LogP contribution is -2.19. The summed E-state index contributed by atoms with van der Waals surface area (Å²) in [6, 6.07) is 8.00. The van der Waals surface area contributed by atoms with E-state index in [2.05, 4.69) is 5.32 Å². The average molecular weight is 277 g/mol. The molecule has 110 valence electrons. The fraction of sp³-hybridized carbons (Fsp3) is 0.438. The van der Waals surface area contributed by atoms with Gasteiger partial charge in [-0.25, -0.2) is 0 Å². The first-order chi connectivity index (χ1) is 9.67. The number of carbonyl (C=O) groups excluding carboxylic acids is 1. The summed E-state index contributed by atoms with van der Waals surface area (Å²) in [6.45, 7) is 7.17. The van der Waals surface area contributed by atoms with Crippen LogP contribution >= 0.6 is 0 Å². The Kier molecular flexibility index (Phi) is 7.62. The lowest BCUT2D eigenvalue weighted by Gasteiger charge is -2.17. The molecule has 1 rings (SSSR count). The SMILES string of the molecule is CCOC(OCC)c1ccc(C=CCNC(C)=O)cc1. The van der Waals surface area contributed by atoms with E-state index >= 15 is 0 Å². The van der Waals surface area contributed by atoms with Gasteiger partial charge in [0.1, 0.15) is 0 Å². The minimum atomic E-state index is -0.303. The van der Waals surface area contributed by atoms with Gasteiger partial charge in [-0.1, -0.05) is 36.4 Å². The van der Waals surface area contributed by atoms with E-state index in [1.807, 2.05) is 50.3 Å². The van der Waals surface area contributed by atoms with Gasteiger partial charge in [0.25, 0.3) is 0 Å². The molecule has 1 aromatic rings. The summed E-state index contributed by atoms with van der Waals surface area (Å²) in [5.74, 6) is -0.0266. The molecule has 1 N–H and O–H groups in total. The molecule has 0 aliphatic rings. The van der Waals surface area contributed by atoms with Crippen LogP contribution < -0.4 is 5.32 Å². The Morgan fingerprint density at radius 3 is 2.30 bits per heavy atom. The minimum absolute atomic E-state index is 0.0266. The number of hydrogen-bond donors (Lipinski definition) is 1. The Morgan fingerprint density at radius 1 is 1.20 bits per heavy atom. The zero-order chi connectivity index (χ0) is 14.8. The lowest BCUT2D eigenvalue weighted by molar-refractivity contribution is -0.140. The first-order valence-electron chi connectivity index (χ1n) is 6.91. The van der Waals surface area contributed by atoms with Gasteiger partial charge in [0.15, 0.2) is 6.29 Å². The Bertz CT molecular complexity index is 420. The molecule has 0 bridgehead atoms. The molecule has 1 aromatic carbocycles. The van der Waals surface area contributed by atoms with Gasteiger partial charge in [0.05, 0.1) is 0 Å². The normalized spacial score (nSPS) is 11.2. The molecule has 20 heavy (non-hydrogen) atoms. The zero-order valence-corrected chi connectivity index (χ0v) is 12.4. The quantitative estimate of drug-likeness (QED) is 0.743. The van der Waals surface area contributed by atoms with Crippen LogP contribution in [-0.4, -0.2) is 25.7 Å². The fourth-order valence-electron chi connectivity index (χ4n) is 1.71. The van der Waals surface area contributed by atoms with E-state index < -0.39 is 0 Å². The summed E-state index contributed by atoms with van der Waals surface area (Å²) in [5.41, 5.74) is 2.08. The van der Waals surface area contributed by atoms with E-state index in [9.17, 15) is 4.79 Å². The van der Waals surface area contributed by atoms with Crippen molar-refractivity contribution in [1.82, 2.24) is 5.32 Å². The molecule has 0 aliphatic heterocycles. The van der Waals surface area contributed by atoms with Crippen LogP contribution in [0.15, 0.2) is 30.3 Å². The van der Waals surface area contributed by atoms with E-state index in [1.165, 1.54) is 6.92 Å². The molecule has 0 atom stereocenters. The third-order valence-electron chi connectivity index (χ3n) is 2.62. The number of rotatable bonds is 8. The average Bonchev–Trinajstić information content (AvgIpc) is 2.44. The van der Waals surface area contributed by atoms with Gasteiger partial charge in [-0.05, 0) is 19.4 Å². The first kappa shape index (κ1) is 16.4. The van der Waals surface area contributed by atoms with Gasteiger partial charge < -0.3 is 14.8 Å². The molecule has 4 heteroatoms. The van der Waals surface area contributed by atoms with Gasteiger partial charge in [0.2, 0.25) is 5.91 Å². The topological polar surface area (TPSA) is 47.6 Å². The van der Waals surface area contributed by atoms with Crippen LogP contribution in [-0.2, 0) is 14.3 Å². The van der Waals surface area contributed by atoms with Gasteiger partial charge in [-0.15, -0.1) is 0 Å². The second kappa shape index (κ2) is 9.28. The molecule has 0 unspecified atom stereocenters. The van der Waals surface area contributed by atoms with Crippen molar-refractivity contribution in [2.24, 2.45) is 0 Å². The second-order valence-corrected chi connectivity index (χ2v) is 4.25. The maximum absolute atomic E-state index is 10.7. The molecule has 1 amide bonds. The van der Waals surface area contributed by atoms with Crippen molar-refractivity contribution < 1.29 is 14.3 Å². The van der Waals surface area contributed by atoms with Crippen LogP contribution in [0, 0.1) is 0 Å². The summed E-state index contributed by atoms with van der Waals surface area (Å²) >= 11 is 0. The maximum Gasteiger partial charge on any atom is 0.217 e. The summed E-state index contributed by atoms with van der Waals surface area (Å²) < 4.78 is 11.1. The Labute approximate surface area is 120 Å². The van der Waals surface area contributed by atoms with Crippen LogP contribution in [0.25, 0.3) is 6.08 Å². The van der Waals surface area contributed by atoms with Crippen molar-refractivity contribution in [2.75, 3.05) is 19.8 Å². The smallest absolute Gasteiger partial charge is 0.217 e. The highest BCUT2D eigenvalue weighted by molar-refractivity contribution is 5.73. The van der Waals surface area contributed by atoms with Crippen LogP contribution in [0.5, 0.6) is 0 Å². The summed E-state index contributed by atoms with van der Waals surface area (Å²) in [7, 11) is 0. The van der Waals surface area contributed by atoms with Gasteiger partial charge in [-0.3, -0.25) is 4.79 Å².